The molecule has 0 radical (unpaired) electrons. The number of aromatic nitrogens is 3. The van der Waals surface area contributed by atoms with E-state index in [1.165, 1.54) is 0 Å². The number of rotatable bonds is 2. The third kappa shape index (κ3) is 3.72. The molecular formula is C19H26N4O2. The first-order valence-corrected chi connectivity index (χ1v) is 8.82. The summed E-state index contributed by atoms with van der Waals surface area (Å²) in [6.07, 6.45) is 3.79. The van der Waals surface area contributed by atoms with Crippen LogP contribution in [0.4, 0.5) is 0 Å². The van der Waals surface area contributed by atoms with Crippen molar-refractivity contribution in [1.29, 1.82) is 0 Å². The van der Waals surface area contributed by atoms with Gasteiger partial charge in [0.2, 0.25) is 5.91 Å². The summed E-state index contributed by atoms with van der Waals surface area (Å²) in [7, 11) is 0. The number of aryl methyl sites for hydroxylation is 2. The van der Waals surface area contributed by atoms with Gasteiger partial charge in [0.1, 0.15) is 5.82 Å². The van der Waals surface area contributed by atoms with Gasteiger partial charge in [-0.05, 0) is 26.7 Å². The molecule has 2 aromatic heterocycles. The van der Waals surface area contributed by atoms with Gasteiger partial charge in [-0.2, -0.15) is 0 Å². The number of piperidine rings is 1. The number of carbonyl (C=O) groups excluding carboxylic acids is 1. The number of carbonyl (C=O) groups is 1. The Morgan fingerprint density at radius 1 is 1.32 bits per heavy atom. The third-order valence-corrected chi connectivity index (χ3v) is 4.57. The summed E-state index contributed by atoms with van der Waals surface area (Å²) in [5.41, 5.74) is 2.29. The number of likely N-dealkylation sites (tertiary alicyclic amines) is 1. The van der Waals surface area contributed by atoms with E-state index in [1.54, 1.807) is 0 Å². The molecule has 0 spiro atoms. The first-order valence-electron chi connectivity index (χ1n) is 8.82. The molecule has 0 bridgehead atoms. The molecule has 0 N–H and O–H groups in total. The second kappa shape index (κ2) is 6.58. The summed E-state index contributed by atoms with van der Waals surface area (Å²) < 4.78 is 5.44. The number of amides is 1. The predicted molar refractivity (Wildman–Crippen MR) is 95.0 cm³/mol. The van der Waals surface area contributed by atoms with Crippen molar-refractivity contribution >= 4 is 5.91 Å². The summed E-state index contributed by atoms with van der Waals surface area (Å²) in [4.78, 5) is 23.7. The molecule has 1 amide bonds. The van der Waals surface area contributed by atoms with Crippen molar-refractivity contribution in [3.05, 3.63) is 29.5 Å². The zero-order chi connectivity index (χ0) is 18.2. The van der Waals surface area contributed by atoms with Crippen LogP contribution in [0.1, 0.15) is 56.7 Å². The quantitative estimate of drug-likeness (QED) is 0.835. The van der Waals surface area contributed by atoms with E-state index in [9.17, 15) is 4.79 Å². The van der Waals surface area contributed by atoms with E-state index in [-0.39, 0.29) is 17.2 Å². The highest BCUT2D eigenvalue weighted by atomic mass is 16.5. The minimum atomic E-state index is -0.367. The Labute approximate surface area is 148 Å². The first kappa shape index (κ1) is 17.6. The number of hydrogen-bond donors (Lipinski definition) is 0. The molecule has 1 aliphatic heterocycles. The van der Waals surface area contributed by atoms with Crippen LogP contribution in [0.5, 0.6) is 0 Å². The lowest BCUT2D eigenvalue weighted by molar-refractivity contribution is -0.140. The standard InChI is InChI=1S/C19H26N4O2/c1-12-9-16(25-22-12)15-10-20-13(2)21-17(15)14-7-6-8-23(11-14)18(24)19(3,4)5/h9-10,14H,6-8,11H2,1-5H3/t14-/m0/s1. The fourth-order valence-electron chi connectivity index (χ4n) is 3.34. The average Bonchev–Trinajstić information content (AvgIpc) is 2.99. The van der Waals surface area contributed by atoms with Crippen LogP contribution < -0.4 is 0 Å². The van der Waals surface area contributed by atoms with Gasteiger partial charge in [-0.15, -0.1) is 0 Å². The number of hydrogen-bond acceptors (Lipinski definition) is 5. The van der Waals surface area contributed by atoms with Crippen LogP contribution in [-0.4, -0.2) is 39.0 Å². The van der Waals surface area contributed by atoms with Gasteiger partial charge in [0.15, 0.2) is 5.76 Å². The van der Waals surface area contributed by atoms with E-state index >= 15 is 0 Å². The van der Waals surface area contributed by atoms with Gasteiger partial charge in [0.05, 0.1) is 17.0 Å². The fourth-order valence-corrected chi connectivity index (χ4v) is 3.34. The summed E-state index contributed by atoms with van der Waals surface area (Å²) in [5, 5.41) is 3.98. The molecule has 1 fully saturated rings. The lowest BCUT2D eigenvalue weighted by atomic mass is 9.88. The molecule has 3 rings (SSSR count). The molecule has 1 saturated heterocycles. The Morgan fingerprint density at radius 2 is 2.08 bits per heavy atom. The largest absolute Gasteiger partial charge is 0.356 e. The van der Waals surface area contributed by atoms with Crippen molar-refractivity contribution in [1.82, 2.24) is 20.0 Å². The maximum Gasteiger partial charge on any atom is 0.227 e. The Bertz CT molecular complexity index is 776. The highest BCUT2D eigenvalue weighted by Crippen LogP contribution is 2.34. The molecule has 6 nitrogen and oxygen atoms in total. The Kier molecular flexibility index (Phi) is 4.62. The van der Waals surface area contributed by atoms with Crippen LogP contribution in [0.25, 0.3) is 11.3 Å². The third-order valence-electron chi connectivity index (χ3n) is 4.57. The summed E-state index contributed by atoms with van der Waals surface area (Å²) >= 11 is 0. The first-order chi connectivity index (χ1) is 11.8. The highest BCUT2D eigenvalue weighted by molar-refractivity contribution is 5.81. The van der Waals surface area contributed by atoms with E-state index in [1.807, 2.05) is 51.8 Å². The van der Waals surface area contributed by atoms with Crippen molar-refractivity contribution in [2.45, 2.75) is 53.4 Å². The topological polar surface area (TPSA) is 72.1 Å². The van der Waals surface area contributed by atoms with Gasteiger partial charge < -0.3 is 9.42 Å². The molecule has 25 heavy (non-hydrogen) atoms. The second-order valence-electron chi connectivity index (χ2n) is 7.89. The van der Waals surface area contributed by atoms with Gasteiger partial charge in [-0.25, -0.2) is 9.97 Å². The minimum absolute atomic E-state index is 0.183. The van der Waals surface area contributed by atoms with Crippen molar-refractivity contribution in [3.63, 3.8) is 0 Å². The van der Waals surface area contributed by atoms with Crippen LogP contribution in [0.2, 0.25) is 0 Å². The van der Waals surface area contributed by atoms with Crippen LogP contribution >= 0.6 is 0 Å². The zero-order valence-electron chi connectivity index (χ0n) is 15.7. The van der Waals surface area contributed by atoms with E-state index in [2.05, 4.69) is 10.1 Å². The molecule has 6 heteroatoms. The normalized spacial score (nSPS) is 18.4. The molecule has 1 aliphatic rings. The maximum atomic E-state index is 12.7. The molecule has 0 unspecified atom stereocenters. The molecule has 0 aromatic carbocycles. The van der Waals surface area contributed by atoms with Gasteiger partial charge >= 0.3 is 0 Å². The zero-order valence-corrected chi connectivity index (χ0v) is 15.7. The molecular weight excluding hydrogens is 316 g/mol. The van der Waals surface area contributed by atoms with Crippen LogP contribution in [0.3, 0.4) is 0 Å². The SMILES string of the molecule is Cc1cc(-c2cnc(C)nc2[C@H]2CCCN(C(=O)C(C)(C)C)C2)on1. The van der Waals surface area contributed by atoms with Crippen molar-refractivity contribution in [2.75, 3.05) is 13.1 Å². The molecule has 3 heterocycles. The summed E-state index contributed by atoms with van der Waals surface area (Å²) in [6.45, 7) is 11.2. The van der Waals surface area contributed by atoms with Crippen LogP contribution in [0.15, 0.2) is 16.8 Å². The Balaban J connectivity index is 1.93. The molecule has 134 valence electrons. The fraction of sp³-hybridized carbons (Fsp3) is 0.579. The smallest absolute Gasteiger partial charge is 0.227 e. The second-order valence-corrected chi connectivity index (χ2v) is 7.89. The molecule has 2 aromatic rings. The van der Waals surface area contributed by atoms with Gasteiger partial charge in [-0.1, -0.05) is 25.9 Å². The van der Waals surface area contributed by atoms with E-state index in [0.717, 1.165) is 42.2 Å². The average molecular weight is 342 g/mol. The summed E-state index contributed by atoms with van der Waals surface area (Å²) in [6, 6.07) is 1.90. The van der Waals surface area contributed by atoms with Gasteiger partial charge in [0.25, 0.3) is 0 Å². The lowest BCUT2D eigenvalue weighted by Crippen LogP contribution is -2.44. The Morgan fingerprint density at radius 3 is 2.72 bits per heavy atom. The predicted octanol–water partition coefficient (Wildman–Crippen LogP) is 3.50. The van der Waals surface area contributed by atoms with Crippen LogP contribution in [-0.2, 0) is 4.79 Å². The van der Waals surface area contributed by atoms with Crippen LogP contribution in [0, 0.1) is 19.3 Å². The van der Waals surface area contributed by atoms with Gasteiger partial charge in [0, 0.05) is 36.7 Å². The van der Waals surface area contributed by atoms with Gasteiger partial charge in [-0.3, -0.25) is 4.79 Å². The van der Waals surface area contributed by atoms with E-state index < -0.39 is 0 Å². The monoisotopic (exact) mass is 342 g/mol. The maximum absolute atomic E-state index is 12.7. The molecule has 0 saturated carbocycles. The number of nitrogens with zero attached hydrogens (tertiary/aromatic N) is 4. The Hall–Kier alpha value is -2.24. The van der Waals surface area contributed by atoms with Crippen molar-refractivity contribution in [2.24, 2.45) is 5.41 Å². The van der Waals surface area contributed by atoms with E-state index in [0.29, 0.717) is 12.3 Å². The minimum Gasteiger partial charge on any atom is -0.356 e. The molecule has 1 atom stereocenters. The lowest BCUT2D eigenvalue weighted by Gasteiger charge is -2.36. The molecule has 0 aliphatic carbocycles. The summed E-state index contributed by atoms with van der Waals surface area (Å²) in [5.74, 6) is 1.79. The van der Waals surface area contributed by atoms with E-state index in [4.69, 9.17) is 9.51 Å². The highest BCUT2D eigenvalue weighted by Gasteiger charge is 2.33. The van der Waals surface area contributed by atoms with Crippen molar-refractivity contribution in [3.8, 4) is 11.3 Å². The van der Waals surface area contributed by atoms with Crippen molar-refractivity contribution < 1.29 is 9.32 Å².